The van der Waals surface area contributed by atoms with Crippen molar-refractivity contribution in [1.29, 1.82) is 0 Å². The molecular formula is C14H19BrClNO3S. The molecule has 0 saturated carbocycles. The number of benzene rings is 1. The number of halogens is 2. The summed E-state index contributed by atoms with van der Waals surface area (Å²) in [4.78, 5) is 12.2. The number of carbonyl (C=O) groups excluding carboxylic acids is 1. The monoisotopic (exact) mass is 395 g/mol. The Balaban J connectivity index is 3.06. The molecule has 0 fully saturated rings. The summed E-state index contributed by atoms with van der Waals surface area (Å²) in [6.45, 7) is 6.47. The fourth-order valence-corrected chi connectivity index (χ4v) is 3.34. The highest BCUT2D eigenvalue weighted by molar-refractivity contribution is 9.10. The number of nitrogens with one attached hydrogen (secondary N) is 1. The van der Waals surface area contributed by atoms with Gasteiger partial charge in [-0.25, -0.2) is 8.42 Å². The van der Waals surface area contributed by atoms with Crippen LogP contribution in [-0.4, -0.2) is 20.9 Å². The van der Waals surface area contributed by atoms with Crippen LogP contribution in [0.5, 0.6) is 0 Å². The number of hydrogen-bond donors (Lipinski definition) is 1. The Hall–Kier alpha value is -0.590. The Morgan fingerprint density at radius 2 is 1.90 bits per heavy atom. The minimum Gasteiger partial charge on any atom is -0.352 e. The van der Waals surface area contributed by atoms with E-state index in [9.17, 15) is 13.2 Å². The third kappa shape index (κ3) is 4.97. The van der Waals surface area contributed by atoms with Gasteiger partial charge in [0.15, 0.2) is 0 Å². The van der Waals surface area contributed by atoms with E-state index < -0.39 is 9.05 Å². The van der Waals surface area contributed by atoms with Gasteiger partial charge in [-0.1, -0.05) is 42.6 Å². The van der Waals surface area contributed by atoms with E-state index >= 15 is 0 Å². The van der Waals surface area contributed by atoms with Crippen molar-refractivity contribution in [2.45, 2.75) is 38.5 Å². The number of carbonyl (C=O) groups is 1. The van der Waals surface area contributed by atoms with Gasteiger partial charge in [-0.15, -0.1) is 0 Å². The minimum atomic E-state index is -3.88. The second kappa shape index (κ2) is 7.61. The number of amides is 1. The normalized spacial score (nSPS) is 11.7. The highest BCUT2D eigenvalue weighted by atomic mass is 79.9. The third-order valence-corrected chi connectivity index (χ3v) is 5.71. The smallest absolute Gasteiger partial charge is 0.261 e. The lowest BCUT2D eigenvalue weighted by molar-refractivity contribution is 0.0945. The molecule has 1 rings (SSSR count). The average Bonchev–Trinajstić information content (AvgIpc) is 2.41. The van der Waals surface area contributed by atoms with Gasteiger partial charge in [0.25, 0.3) is 15.0 Å². The largest absolute Gasteiger partial charge is 0.352 e. The zero-order chi connectivity index (χ0) is 16.2. The predicted molar refractivity (Wildman–Crippen MR) is 88.3 cm³/mol. The van der Waals surface area contributed by atoms with Crippen LogP contribution in [0.4, 0.5) is 0 Å². The van der Waals surface area contributed by atoms with Gasteiger partial charge in [0.1, 0.15) is 0 Å². The second-order valence-electron chi connectivity index (χ2n) is 4.91. The summed E-state index contributed by atoms with van der Waals surface area (Å²) in [7, 11) is 1.48. The molecule has 1 aromatic carbocycles. The summed E-state index contributed by atoms with van der Waals surface area (Å²) in [5.74, 6) is 0.125. The lowest BCUT2D eigenvalue weighted by atomic mass is 10.0. The fourth-order valence-electron chi connectivity index (χ4n) is 1.94. The van der Waals surface area contributed by atoms with Crippen LogP contribution in [-0.2, 0) is 9.05 Å². The molecule has 0 atom stereocenters. The van der Waals surface area contributed by atoms with Crippen LogP contribution in [0.25, 0.3) is 0 Å². The van der Waals surface area contributed by atoms with Crippen LogP contribution in [0.3, 0.4) is 0 Å². The molecule has 4 nitrogen and oxygen atoms in total. The molecule has 0 bridgehead atoms. The fraction of sp³-hybridized carbons (Fsp3) is 0.500. The summed E-state index contributed by atoms with van der Waals surface area (Å²) in [5, 5.41) is 2.85. The van der Waals surface area contributed by atoms with E-state index in [2.05, 4.69) is 35.1 Å². The van der Waals surface area contributed by atoms with Gasteiger partial charge in [0.2, 0.25) is 0 Å². The molecule has 0 saturated heterocycles. The van der Waals surface area contributed by atoms with Crippen molar-refractivity contribution in [3.63, 3.8) is 0 Å². The maximum Gasteiger partial charge on any atom is 0.261 e. The Morgan fingerprint density at radius 1 is 1.33 bits per heavy atom. The van der Waals surface area contributed by atoms with Crippen molar-refractivity contribution in [3.8, 4) is 0 Å². The number of hydrogen-bond acceptors (Lipinski definition) is 3. The third-order valence-electron chi connectivity index (χ3n) is 3.55. The molecule has 0 aliphatic heterocycles. The Labute approximate surface area is 138 Å². The van der Waals surface area contributed by atoms with E-state index in [1.54, 1.807) is 6.92 Å². The molecule has 7 heteroatoms. The first-order valence-corrected chi connectivity index (χ1v) is 9.83. The van der Waals surface area contributed by atoms with Crippen LogP contribution in [0.2, 0.25) is 0 Å². The van der Waals surface area contributed by atoms with Crippen LogP contribution in [0, 0.1) is 12.8 Å². The molecule has 1 amide bonds. The summed E-state index contributed by atoms with van der Waals surface area (Å²) >= 11 is 3.26. The van der Waals surface area contributed by atoms with Gasteiger partial charge in [0, 0.05) is 27.3 Å². The van der Waals surface area contributed by atoms with E-state index in [1.807, 2.05) is 0 Å². The molecule has 0 unspecified atom stereocenters. The van der Waals surface area contributed by atoms with E-state index in [4.69, 9.17) is 10.7 Å². The lowest BCUT2D eigenvalue weighted by Gasteiger charge is -2.15. The molecule has 0 spiro atoms. The Morgan fingerprint density at radius 3 is 2.38 bits per heavy atom. The first kappa shape index (κ1) is 18.5. The van der Waals surface area contributed by atoms with Gasteiger partial charge in [-0.2, -0.15) is 0 Å². The Kier molecular flexibility index (Phi) is 6.69. The summed E-state index contributed by atoms with van der Waals surface area (Å²) < 4.78 is 23.4. The topological polar surface area (TPSA) is 63.2 Å². The van der Waals surface area contributed by atoms with Crippen LogP contribution >= 0.6 is 26.6 Å². The summed E-state index contributed by atoms with van der Waals surface area (Å²) in [5.41, 5.74) is 0.996. The number of rotatable bonds is 6. The zero-order valence-electron chi connectivity index (χ0n) is 12.2. The molecule has 118 valence electrons. The van der Waals surface area contributed by atoms with E-state index in [0.29, 0.717) is 28.1 Å². The maximum atomic E-state index is 12.3. The molecule has 0 heterocycles. The van der Waals surface area contributed by atoms with Crippen LogP contribution in [0.1, 0.15) is 42.6 Å². The predicted octanol–water partition coefficient (Wildman–Crippen LogP) is 3.85. The SMILES string of the molecule is CCC(CC)CNC(=O)c1cc(S(=O)(=O)Cl)cc(Br)c1C. The van der Waals surface area contributed by atoms with Crippen LogP contribution < -0.4 is 5.32 Å². The quantitative estimate of drug-likeness (QED) is 0.743. The summed E-state index contributed by atoms with van der Waals surface area (Å²) in [6, 6.07) is 2.71. The standard InChI is InChI=1S/C14H19BrClNO3S/c1-4-10(5-2)8-17-14(18)12-6-11(21(16,19)20)7-13(15)9(12)3/h6-7,10H,4-5,8H2,1-3H3,(H,17,18). The molecule has 0 radical (unpaired) electrons. The van der Waals surface area contributed by atoms with Crippen molar-refractivity contribution in [3.05, 3.63) is 27.7 Å². The molecule has 1 aromatic rings. The second-order valence-corrected chi connectivity index (χ2v) is 8.33. The van der Waals surface area contributed by atoms with Crippen molar-refractivity contribution in [2.75, 3.05) is 6.54 Å². The molecule has 0 aliphatic carbocycles. The highest BCUT2D eigenvalue weighted by Gasteiger charge is 2.19. The molecule has 21 heavy (non-hydrogen) atoms. The first-order chi connectivity index (χ1) is 9.70. The minimum absolute atomic E-state index is 0.0886. The van der Waals surface area contributed by atoms with Crippen molar-refractivity contribution in [1.82, 2.24) is 5.32 Å². The van der Waals surface area contributed by atoms with Gasteiger partial charge in [-0.05, 0) is 30.5 Å². The van der Waals surface area contributed by atoms with E-state index in [-0.39, 0.29) is 10.8 Å². The first-order valence-electron chi connectivity index (χ1n) is 6.73. The molecule has 1 N–H and O–H groups in total. The van der Waals surface area contributed by atoms with E-state index in [0.717, 1.165) is 12.8 Å². The lowest BCUT2D eigenvalue weighted by Crippen LogP contribution is -2.29. The molecule has 0 aromatic heterocycles. The van der Waals surface area contributed by atoms with Crippen LogP contribution in [0.15, 0.2) is 21.5 Å². The van der Waals surface area contributed by atoms with Gasteiger partial charge >= 0.3 is 0 Å². The Bertz CT molecular complexity index is 627. The zero-order valence-corrected chi connectivity index (χ0v) is 15.4. The van der Waals surface area contributed by atoms with Gasteiger partial charge in [0.05, 0.1) is 4.90 Å². The van der Waals surface area contributed by atoms with Gasteiger partial charge < -0.3 is 5.32 Å². The maximum absolute atomic E-state index is 12.3. The van der Waals surface area contributed by atoms with E-state index in [1.165, 1.54) is 12.1 Å². The summed E-state index contributed by atoms with van der Waals surface area (Å²) in [6.07, 6.45) is 1.96. The average molecular weight is 397 g/mol. The van der Waals surface area contributed by atoms with Gasteiger partial charge in [-0.3, -0.25) is 4.79 Å². The van der Waals surface area contributed by atoms with Crippen molar-refractivity contribution >= 4 is 41.6 Å². The van der Waals surface area contributed by atoms with Crippen molar-refractivity contribution in [2.24, 2.45) is 5.92 Å². The van der Waals surface area contributed by atoms with Crippen molar-refractivity contribution < 1.29 is 13.2 Å². The molecular weight excluding hydrogens is 378 g/mol. The molecule has 0 aliphatic rings. The highest BCUT2D eigenvalue weighted by Crippen LogP contribution is 2.26.